The molecule has 10 nitrogen and oxygen atoms in total. The predicted octanol–water partition coefficient (Wildman–Crippen LogP) is 5.07. The Balaban J connectivity index is 1.38. The molecule has 6 rings (SSSR count). The quantitative estimate of drug-likeness (QED) is 0.250. The molecule has 1 unspecified atom stereocenters. The number of nitrogens with one attached hydrogen (secondary N) is 1. The van der Waals surface area contributed by atoms with Crippen LogP contribution in [-0.2, 0) is 11.2 Å². The number of nitrogens with zero attached hydrogens (tertiary/aromatic N) is 5. The van der Waals surface area contributed by atoms with Crippen molar-refractivity contribution in [1.29, 1.82) is 0 Å². The van der Waals surface area contributed by atoms with Crippen LogP contribution in [-0.4, -0.2) is 88.9 Å². The summed E-state index contributed by atoms with van der Waals surface area (Å²) in [7, 11) is 0. The summed E-state index contributed by atoms with van der Waals surface area (Å²) >= 11 is 6.52. The van der Waals surface area contributed by atoms with Crippen LogP contribution in [0.15, 0.2) is 24.4 Å². The van der Waals surface area contributed by atoms with Crippen LogP contribution < -0.4 is 15.0 Å². The molecule has 2 N–H and O–H groups in total. The van der Waals surface area contributed by atoms with Crippen molar-refractivity contribution in [3.8, 4) is 17.3 Å². The Bertz CT molecular complexity index is 1520. The van der Waals surface area contributed by atoms with Crippen LogP contribution in [0.1, 0.15) is 38.2 Å². The Morgan fingerprint density at radius 3 is 2.98 bits per heavy atom. The zero-order valence-corrected chi connectivity index (χ0v) is 24.7. The van der Waals surface area contributed by atoms with Gasteiger partial charge in [0.25, 0.3) is 0 Å². The van der Waals surface area contributed by atoms with E-state index in [4.69, 9.17) is 26.4 Å². The van der Waals surface area contributed by atoms with Crippen LogP contribution in [0.5, 0.6) is 6.01 Å². The number of rotatable bonds is 9. The van der Waals surface area contributed by atoms with Crippen LogP contribution in [0.2, 0.25) is 5.02 Å². The first-order valence-electron chi connectivity index (χ1n) is 14.7. The van der Waals surface area contributed by atoms with Crippen molar-refractivity contribution in [2.24, 2.45) is 5.92 Å². The van der Waals surface area contributed by atoms with Gasteiger partial charge in [-0.1, -0.05) is 30.7 Å². The highest BCUT2D eigenvalue weighted by Gasteiger charge is 2.49. The van der Waals surface area contributed by atoms with Gasteiger partial charge in [-0.05, 0) is 49.8 Å². The summed E-state index contributed by atoms with van der Waals surface area (Å²) in [5, 5.41) is 13.0. The Labute approximate surface area is 253 Å². The standard InChI is InChI=1S/C30H35ClF2N6O4/c1-18-12-34-17-38(14-18)27-22-13-35-25(21-5-2-7-23(31)20(21)6-3-10-42-29(40)41)24(33)26(22)36-28(37-27)43-16-30-8-4-9-39(30)15-19(32)11-30/h2,5,7,13,18-19,34H,3-4,6,8-12,14-17H2,1H3,(H,40,41)/t18?,19-,30+/m1/s1. The van der Waals surface area contributed by atoms with Gasteiger partial charge >= 0.3 is 12.2 Å². The van der Waals surface area contributed by atoms with Crippen molar-refractivity contribution >= 4 is 34.5 Å². The van der Waals surface area contributed by atoms with Crippen LogP contribution in [0, 0.1) is 11.7 Å². The summed E-state index contributed by atoms with van der Waals surface area (Å²) in [5.74, 6) is 0.217. The molecule has 43 heavy (non-hydrogen) atoms. The molecule has 3 aliphatic rings. The van der Waals surface area contributed by atoms with Crippen LogP contribution in [0.3, 0.4) is 0 Å². The van der Waals surface area contributed by atoms with Crippen molar-refractivity contribution in [2.75, 3.05) is 51.0 Å². The average Bonchev–Trinajstić information content (AvgIpc) is 3.50. The Morgan fingerprint density at radius 1 is 1.30 bits per heavy atom. The number of alkyl halides is 1. The number of carboxylic acid groups (broad SMARTS) is 1. The lowest BCUT2D eigenvalue weighted by atomic mass is 9.95. The number of anilines is 1. The fraction of sp³-hybridized carbons (Fsp3) is 0.533. The second-order valence-corrected chi connectivity index (χ2v) is 12.2. The number of ether oxygens (including phenoxy) is 2. The summed E-state index contributed by atoms with van der Waals surface area (Å²) in [6.07, 6.45) is 2.25. The van der Waals surface area contributed by atoms with Crippen molar-refractivity contribution in [1.82, 2.24) is 25.2 Å². The summed E-state index contributed by atoms with van der Waals surface area (Å²) < 4.78 is 41.7. The summed E-state index contributed by atoms with van der Waals surface area (Å²) in [6, 6.07) is 5.18. The molecule has 3 fully saturated rings. The third kappa shape index (κ3) is 6.05. The zero-order chi connectivity index (χ0) is 30.1. The van der Waals surface area contributed by atoms with Gasteiger partial charge in [0, 0.05) is 42.8 Å². The lowest BCUT2D eigenvalue weighted by Gasteiger charge is -2.33. The average molecular weight is 617 g/mol. The van der Waals surface area contributed by atoms with E-state index in [1.54, 1.807) is 24.4 Å². The number of halogens is 3. The highest BCUT2D eigenvalue weighted by atomic mass is 35.5. The van der Waals surface area contributed by atoms with E-state index in [-0.39, 0.29) is 30.4 Å². The zero-order valence-electron chi connectivity index (χ0n) is 24.0. The molecule has 3 atom stereocenters. The normalized spacial score (nSPS) is 24.0. The summed E-state index contributed by atoms with van der Waals surface area (Å²) in [5.41, 5.74) is 0.853. The molecule has 230 valence electrons. The molecular formula is C30H35ClF2N6O4. The van der Waals surface area contributed by atoms with E-state index in [2.05, 4.69) is 31.8 Å². The topological polar surface area (TPSA) is 113 Å². The molecule has 0 aliphatic carbocycles. The number of fused-ring (bicyclic) bond motifs is 2. The van der Waals surface area contributed by atoms with E-state index < -0.39 is 23.7 Å². The molecule has 3 saturated heterocycles. The molecule has 0 amide bonds. The highest BCUT2D eigenvalue weighted by Crippen LogP contribution is 2.41. The van der Waals surface area contributed by atoms with E-state index >= 15 is 4.39 Å². The minimum Gasteiger partial charge on any atom is -0.461 e. The maximum Gasteiger partial charge on any atom is 0.505 e. The minimum atomic E-state index is -1.36. The largest absolute Gasteiger partial charge is 0.505 e. The fourth-order valence-corrected chi connectivity index (χ4v) is 6.99. The first-order chi connectivity index (χ1) is 20.7. The Kier molecular flexibility index (Phi) is 8.52. The summed E-state index contributed by atoms with van der Waals surface area (Å²) in [4.78, 5) is 28.8. The van der Waals surface area contributed by atoms with Gasteiger partial charge in [-0.2, -0.15) is 9.97 Å². The van der Waals surface area contributed by atoms with Gasteiger partial charge in [-0.3, -0.25) is 15.2 Å². The molecule has 0 bridgehead atoms. The van der Waals surface area contributed by atoms with E-state index in [9.17, 15) is 9.18 Å². The van der Waals surface area contributed by atoms with Gasteiger partial charge in [0.1, 0.15) is 29.8 Å². The molecule has 0 radical (unpaired) electrons. The van der Waals surface area contributed by atoms with Crippen molar-refractivity contribution in [3.05, 3.63) is 40.8 Å². The van der Waals surface area contributed by atoms with Crippen molar-refractivity contribution in [3.63, 3.8) is 0 Å². The highest BCUT2D eigenvalue weighted by molar-refractivity contribution is 6.31. The molecule has 3 aliphatic heterocycles. The van der Waals surface area contributed by atoms with Crippen molar-refractivity contribution < 1.29 is 28.2 Å². The first-order valence-corrected chi connectivity index (χ1v) is 15.1. The maximum atomic E-state index is 16.5. The van der Waals surface area contributed by atoms with Gasteiger partial charge in [-0.15, -0.1) is 0 Å². The van der Waals surface area contributed by atoms with Gasteiger partial charge in [0.2, 0.25) is 0 Å². The third-order valence-electron chi connectivity index (χ3n) is 8.67. The van der Waals surface area contributed by atoms with E-state index in [0.717, 1.165) is 25.9 Å². The summed E-state index contributed by atoms with van der Waals surface area (Å²) in [6.45, 7) is 5.66. The number of hydrogen-bond acceptors (Lipinski definition) is 9. The lowest BCUT2D eigenvalue weighted by molar-refractivity contribution is 0.0907. The third-order valence-corrected chi connectivity index (χ3v) is 9.03. The molecule has 2 aromatic heterocycles. The monoisotopic (exact) mass is 616 g/mol. The van der Waals surface area contributed by atoms with Crippen LogP contribution in [0.25, 0.3) is 22.2 Å². The number of benzene rings is 1. The van der Waals surface area contributed by atoms with Crippen molar-refractivity contribution in [2.45, 2.75) is 50.7 Å². The maximum absolute atomic E-state index is 16.5. The number of aromatic nitrogens is 3. The van der Waals surface area contributed by atoms with E-state index in [1.807, 2.05) is 4.90 Å². The van der Waals surface area contributed by atoms with E-state index in [0.29, 0.717) is 72.3 Å². The molecule has 13 heteroatoms. The fourth-order valence-electron chi connectivity index (χ4n) is 6.72. The molecule has 5 heterocycles. The number of carbonyl (C=O) groups is 1. The van der Waals surface area contributed by atoms with Crippen LogP contribution in [0.4, 0.5) is 19.4 Å². The SMILES string of the molecule is CC1CNCN(c2nc(OC[C@@]34CCCN3C[C@H](F)C4)nc3c(F)c(-c4cccc(Cl)c4CCCOC(=O)O)ncc23)C1. The van der Waals surface area contributed by atoms with Gasteiger partial charge in [0.05, 0.1) is 24.2 Å². The molecular weight excluding hydrogens is 582 g/mol. The van der Waals surface area contributed by atoms with Gasteiger partial charge < -0.3 is 19.5 Å². The van der Waals surface area contributed by atoms with Gasteiger partial charge in [0.15, 0.2) is 5.82 Å². The van der Waals surface area contributed by atoms with E-state index in [1.165, 1.54) is 0 Å². The molecule has 0 spiro atoms. The van der Waals surface area contributed by atoms with Crippen LogP contribution >= 0.6 is 11.6 Å². The Morgan fingerprint density at radius 2 is 2.16 bits per heavy atom. The second-order valence-electron chi connectivity index (χ2n) is 11.8. The predicted molar refractivity (Wildman–Crippen MR) is 158 cm³/mol. The Hall–Kier alpha value is -3.35. The molecule has 0 saturated carbocycles. The van der Waals surface area contributed by atoms with Gasteiger partial charge in [-0.25, -0.2) is 13.6 Å². The molecule has 1 aromatic carbocycles. The number of hydrogen-bond donors (Lipinski definition) is 2. The number of pyridine rings is 1. The minimum absolute atomic E-state index is 0.0186. The lowest BCUT2D eigenvalue weighted by Crippen LogP contribution is -2.46. The molecule has 3 aromatic rings. The second kappa shape index (κ2) is 12.3. The first kappa shape index (κ1) is 29.7. The smallest absolute Gasteiger partial charge is 0.461 e.